The number of carbonyl (C=O) groups is 1. The van der Waals surface area contributed by atoms with Gasteiger partial charge in [0.1, 0.15) is 11.1 Å². The first kappa shape index (κ1) is 19.2. The van der Waals surface area contributed by atoms with Crippen LogP contribution < -0.4 is 11.0 Å². The molecule has 1 saturated heterocycles. The summed E-state index contributed by atoms with van der Waals surface area (Å²) in [6, 6.07) is 2.25. The number of aromatic amines is 1. The number of aromatic nitrogens is 3. The van der Waals surface area contributed by atoms with E-state index in [2.05, 4.69) is 21.6 Å². The Morgan fingerprint density at radius 3 is 3.07 bits per heavy atom. The van der Waals surface area contributed by atoms with Crippen molar-refractivity contribution in [3.8, 4) is 6.07 Å². The average molecular weight is 420 g/mol. The minimum atomic E-state index is -0.295. The predicted octanol–water partition coefficient (Wildman–Crippen LogP) is 2.29. The van der Waals surface area contributed by atoms with Crippen LogP contribution in [0.15, 0.2) is 9.95 Å². The third-order valence-corrected chi connectivity index (χ3v) is 7.19. The van der Waals surface area contributed by atoms with Gasteiger partial charge in [0.05, 0.1) is 24.0 Å². The van der Waals surface area contributed by atoms with E-state index in [-0.39, 0.29) is 23.5 Å². The van der Waals surface area contributed by atoms with Gasteiger partial charge in [-0.15, -0.1) is 16.4 Å². The molecule has 0 unspecified atom stereocenters. The fourth-order valence-electron chi connectivity index (χ4n) is 3.63. The van der Waals surface area contributed by atoms with E-state index in [0.717, 1.165) is 44.1 Å². The SMILES string of the molecule is N#Cc1c(NC(=O)CSc2n[nH]c(=O)n2C[C@@H]2CCCO2)sc2c1CCCC2. The van der Waals surface area contributed by atoms with Crippen LogP contribution in [-0.4, -0.2) is 39.1 Å². The highest BCUT2D eigenvalue weighted by molar-refractivity contribution is 7.99. The normalized spacial score (nSPS) is 18.6. The van der Waals surface area contributed by atoms with Crippen molar-refractivity contribution in [1.29, 1.82) is 5.26 Å². The molecule has 2 aliphatic rings. The highest BCUT2D eigenvalue weighted by Gasteiger charge is 2.23. The Hall–Kier alpha value is -2.09. The number of hydrogen-bond acceptors (Lipinski definition) is 7. The lowest BCUT2D eigenvalue weighted by molar-refractivity contribution is -0.113. The van der Waals surface area contributed by atoms with E-state index in [1.807, 2.05) is 0 Å². The van der Waals surface area contributed by atoms with Crippen molar-refractivity contribution >= 4 is 34.0 Å². The zero-order valence-corrected chi connectivity index (χ0v) is 17.0. The minimum Gasteiger partial charge on any atom is -0.376 e. The average Bonchev–Trinajstić information content (AvgIpc) is 3.40. The zero-order valence-electron chi connectivity index (χ0n) is 15.3. The first-order valence-corrected chi connectivity index (χ1v) is 11.2. The summed E-state index contributed by atoms with van der Waals surface area (Å²) >= 11 is 2.71. The number of nitrogens with zero attached hydrogens (tertiary/aromatic N) is 3. The maximum atomic E-state index is 12.4. The summed E-state index contributed by atoms with van der Waals surface area (Å²) in [5, 5.41) is 20.0. The van der Waals surface area contributed by atoms with Crippen LogP contribution >= 0.6 is 23.1 Å². The summed E-state index contributed by atoms with van der Waals surface area (Å²) in [6.07, 6.45) is 6.02. The third-order valence-electron chi connectivity index (χ3n) is 5.00. The van der Waals surface area contributed by atoms with E-state index in [0.29, 0.717) is 28.9 Å². The van der Waals surface area contributed by atoms with Crippen LogP contribution in [-0.2, 0) is 28.9 Å². The first-order chi connectivity index (χ1) is 13.7. The smallest absolute Gasteiger partial charge is 0.344 e. The Morgan fingerprint density at radius 1 is 1.43 bits per heavy atom. The van der Waals surface area contributed by atoms with Gasteiger partial charge in [-0.05, 0) is 44.1 Å². The molecule has 0 bridgehead atoms. The fourth-order valence-corrected chi connectivity index (χ4v) is 5.64. The van der Waals surface area contributed by atoms with Gasteiger partial charge in [-0.3, -0.25) is 9.36 Å². The molecule has 1 fully saturated rings. The van der Waals surface area contributed by atoms with Gasteiger partial charge >= 0.3 is 5.69 Å². The van der Waals surface area contributed by atoms with E-state index in [4.69, 9.17) is 4.74 Å². The van der Waals surface area contributed by atoms with Gasteiger partial charge in [-0.2, -0.15) is 5.26 Å². The molecule has 1 atom stereocenters. The summed E-state index contributed by atoms with van der Waals surface area (Å²) in [7, 11) is 0. The summed E-state index contributed by atoms with van der Waals surface area (Å²) < 4.78 is 7.11. The van der Waals surface area contributed by atoms with Crippen LogP contribution in [0.25, 0.3) is 0 Å². The number of thiophene rings is 1. The van der Waals surface area contributed by atoms with Crippen molar-refractivity contribution in [2.75, 3.05) is 17.7 Å². The maximum Gasteiger partial charge on any atom is 0.344 e. The Balaban J connectivity index is 1.40. The monoisotopic (exact) mass is 419 g/mol. The number of aryl methyl sites for hydroxylation is 1. The summed E-state index contributed by atoms with van der Waals surface area (Å²) in [4.78, 5) is 25.7. The van der Waals surface area contributed by atoms with Crippen molar-refractivity contribution in [3.05, 3.63) is 26.5 Å². The number of nitrogens with one attached hydrogen (secondary N) is 2. The lowest BCUT2D eigenvalue weighted by Crippen LogP contribution is -2.25. The second-order valence-electron chi connectivity index (χ2n) is 6.92. The van der Waals surface area contributed by atoms with Gasteiger partial charge in [-0.1, -0.05) is 11.8 Å². The molecule has 0 spiro atoms. The predicted molar refractivity (Wildman–Crippen MR) is 107 cm³/mol. The third kappa shape index (κ3) is 4.01. The molecule has 0 aromatic carbocycles. The van der Waals surface area contributed by atoms with Gasteiger partial charge in [0, 0.05) is 11.5 Å². The Morgan fingerprint density at radius 2 is 2.29 bits per heavy atom. The number of fused-ring (bicyclic) bond motifs is 1. The molecule has 1 aliphatic carbocycles. The van der Waals surface area contributed by atoms with Gasteiger partial charge in [0.2, 0.25) is 5.91 Å². The molecule has 2 aromatic rings. The van der Waals surface area contributed by atoms with Crippen LogP contribution in [0.5, 0.6) is 0 Å². The molecule has 0 saturated carbocycles. The number of H-pyrrole nitrogens is 1. The molecule has 3 heterocycles. The summed E-state index contributed by atoms with van der Waals surface area (Å²) in [6.45, 7) is 1.16. The van der Waals surface area contributed by atoms with E-state index in [1.165, 1.54) is 32.5 Å². The lowest BCUT2D eigenvalue weighted by Gasteiger charge is -2.11. The van der Waals surface area contributed by atoms with Crippen molar-refractivity contribution in [3.63, 3.8) is 0 Å². The molecule has 8 nitrogen and oxygen atoms in total. The molecule has 2 N–H and O–H groups in total. The van der Waals surface area contributed by atoms with E-state index in [1.54, 1.807) is 0 Å². The quantitative estimate of drug-likeness (QED) is 0.695. The van der Waals surface area contributed by atoms with Crippen molar-refractivity contribution < 1.29 is 9.53 Å². The van der Waals surface area contributed by atoms with Crippen LogP contribution in [0.2, 0.25) is 0 Å². The molecular formula is C18H21N5O3S2. The number of rotatable bonds is 6. The topological polar surface area (TPSA) is 113 Å². The molecule has 4 rings (SSSR count). The molecular weight excluding hydrogens is 398 g/mol. The number of amides is 1. The standard InChI is InChI=1S/C18H21N5O3S2/c19-8-13-12-5-1-2-6-14(12)28-16(13)20-15(24)10-27-18-22-21-17(25)23(18)9-11-4-3-7-26-11/h11H,1-7,9-10H2,(H,20,24)(H,21,25)/t11-/m0/s1. The van der Waals surface area contributed by atoms with Gasteiger partial charge < -0.3 is 10.1 Å². The fraction of sp³-hybridized carbons (Fsp3) is 0.556. The van der Waals surface area contributed by atoms with Crippen LogP contribution in [0.3, 0.4) is 0 Å². The van der Waals surface area contributed by atoms with E-state index in [9.17, 15) is 14.9 Å². The van der Waals surface area contributed by atoms with Crippen molar-refractivity contribution in [2.45, 2.75) is 56.3 Å². The van der Waals surface area contributed by atoms with Gasteiger partial charge in [-0.25, -0.2) is 9.89 Å². The highest BCUT2D eigenvalue weighted by atomic mass is 32.2. The van der Waals surface area contributed by atoms with Crippen molar-refractivity contribution in [1.82, 2.24) is 14.8 Å². The molecule has 148 valence electrons. The highest BCUT2D eigenvalue weighted by Crippen LogP contribution is 2.37. The second kappa shape index (κ2) is 8.51. The van der Waals surface area contributed by atoms with Gasteiger partial charge in [0.25, 0.3) is 0 Å². The molecule has 28 heavy (non-hydrogen) atoms. The first-order valence-electron chi connectivity index (χ1n) is 9.40. The molecule has 0 radical (unpaired) electrons. The number of anilines is 1. The summed E-state index contributed by atoms with van der Waals surface area (Å²) in [5.41, 5.74) is 1.41. The second-order valence-corrected chi connectivity index (χ2v) is 8.97. The summed E-state index contributed by atoms with van der Waals surface area (Å²) in [5.74, 6) is -0.0947. The largest absolute Gasteiger partial charge is 0.376 e. The number of ether oxygens (including phenoxy) is 1. The molecule has 1 amide bonds. The zero-order chi connectivity index (χ0) is 19.5. The number of nitriles is 1. The Kier molecular flexibility index (Phi) is 5.85. The number of carbonyl (C=O) groups excluding carboxylic acids is 1. The number of thioether (sulfide) groups is 1. The lowest BCUT2D eigenvalue weighted by atomic mass is 9.96. The molecule has 2 aromatic heterocycles. The van der Waals surface area contributed by atoms with Gasteiger partial charge in [0.15, 0.2) is 5.16 Å². The Bertz CT molecular complexity index is 965. The van der Waals surface area contributed by atoms with Crippen LogP contribution in [0, 0.1) is 11.3 Å². The number of hydrogen-bond donors (Lipinski definition) is 2. The molecule has 10 heteroatoms. The van der Waals surface area contributed by atoms with E-state index < -0.39 is 0 Å². The Labute approximate surface area is 170 Å². The maximum absolute atomic E-state index is 12.4. The van der Waals surface area contributed by atoms with Crippen LogP contribution in [0.4, 0.5) is 5.00 Å². The minimum absolute atomic E-state index is 0.0131. The molecule has 1 aliphatic heterocycles. The van der Waals surface area contributed by atoms with Crippen molar-refractivity contribution in [2.24, 2.45) is 0 Å². The van der Waals surface area contributed by atoms with Crippen LogP contribution in [0.1, 0.15) is 41.7 Å². The van der Waals surface area contributed by atoms with E-state index >= 15 is 0 Å².